The Morgan fingerprint density at radius 3 is 1.90 bits per heavy atom. The van der Waals surface area contributed by atoms with Crippen LogP contribution in [0.15, 0.2) is 48.5 Å². The van der Waals surface area contributed by atoms with E-state index in [1.165, 1.54) is 26.3 Å². The summed E-state index contributed by atoms with van der Waals surface area (Å²) < 4.78 is 0. The number of aliphatic hydroxyl groups is 1. The largest absolute Gasteiger partial charge is 0.454 e. The minimum atomic E-state index is -1.80. The molecule has 0 unspecified atom stereocenters. The number of rotatable bonds is 29. The topological polar surface area (TPSA) is 256 Å². The first-order valence-corrected chi connectivity index (χ1v) is 20.4. The highest BCUT2D eigenvalue weighted by Crippen LogP contribution is 2.23. The van der Waals surface area contributed by atoms with E-state index in [1.54, 1.807) is 12.1 Å². The molecular weight excluding hydrogens is 743 g/mol. The zero-order valence-electron chi connectivity index (χ0n) is 34.4. The van der Waals surface area contributed by atoms with Crippen LogP contribution < -0.4 is 22.1 Å². The van der Waals surface area contributed by atoms with Gasteiger partial charge in [-0.15, -0.1) is 0 Å². The number of amides is 3. The van der Waals surface area contributed by atoms with Crippen molar-refractivity contribution in [3.63, 3.8) is 0 Å². The lowest BCUT2D eigenvalue weighted by atomic mass is 9.71. The molecule has 0 saturated carbocycles. The lowest BCUT2D eigenvalue weighted by molar-refractivity contribution is -0.136. The monoisotopic (exact) mass is 806 g/mol. The van der Waals surface area contributed by atoms with E-state index in [2.05, 4.69) is 41.8 Å². The number of hydrogen-bond acceptors (Lipinski definition) is 11. The molecule has 6 atom stereocenters. The highest BCUT2D eigenvalue weighted by Gasteiger charge is 2.33. The number of hydrogen-bond donors (Lipinski definition) is 7. The third kappa shape index (κ3) is 17.5. The van der Waals surface area contributed by atoms with E-state index in [1.807, 2.05) is 12.1 Å². The molecule has 15 heteroatoms. The van der Waals surface area contributed by atoms with Crippen LogP contribution in [0, 0.1) is 11.8 Å². The normalized spacial score (nSPS) is 14.3. The van der Waals surface area contributed by atoms with Gasteiger partial charge in [-0.25, -0.2) is 0 Å². The SMILES string of the molecule is CCCCc1ccc(-c2ccc(C(=O)CCCC(=O)C[C@@H](CCCCN)C(=O)N[C@H](C(=O)C[C@@H](C)C(=O)N[C@@H](CC(N)=O)C(=O)C[C@@H](C)B(O)O)[C@@H](C)O)cc2)cc1. The Labute approximate surface area is 342 Å². The van der Waals surface area contributed by atoms with E-state index < -0.39 is 85.1 Å². The average Bonchev–Trinajstić information content (AvgIpc) is 3.18. The first-order valence-electron chi connectivity index (χ1n) is 20.4. The highest BCUT2D eigenvalue weighted by atomic mass is 16.4. The smallest absolute Gasteiger partial charge is 0.427 e. The van der Waals surface area contributed by atoms with Gasteiger partial charge in [0.05, 0.1) is 18.6 Å². The molecule has 0 bridgehead atoms. The third-order valence-electron chi connectivity index (χ3n) is 10.2. The second-order valence-electron chi connectivity index (χ2n) is 15.5. The van der Waals surface area contributed by atoms with Crippen LogP contribution in [0.5, 0.6) is 0 Å². The van der Waals surface area contributed by atoms with Crippen molar-refractivity contribution in [3.05, 3.63) is 59.7 Å². The van der Waals surface area contributed by atoms with Gasteiger partial charge in [0.15, 0.2) is 17.3 Å². The van der Waals surface area contributed by atoms with Crippen LogP contribution in [0.2, 0.25) is 5.82 Å². The summed E-state index contributed by atoms with van der Waals surface area (Å²) in [5.74, 6) is -6.73. The number of nitrogens with two attached hydrogens (primary N) is 2. The van der Waals surface area contributed by atoms with Gasteiger partial charge in [0, 0.05) is 49.5 Å². The first-order chi connectivity index (χ1) is 27.5. The highest BCUT2D eigenvalue weighted by molar-refractivity contribution is 6.43. The molecule has 0 aliphatic carbocycles. The fourth-order valence-corrected chi connectivity index (χ4v) is 6.51. The molecule has 2 aromatic carbocycles. The van der Waals surface area contributed by atoms with Gasteiger partial charge in [0.25, 0.3) is 0 Å². The van der Waals surface area contributed by atoms with Crippen LogP contribution in [0.4, 0.5) is 0 Å². The molecule has 0 spiro atoms. The molecule has 2 rings (SSSR count). The zero-order chi connectivity index (χ0) is 43.4. The molecule has 0 aliphatic heterocycles. The minimum Gasteiger partial charge on any atom is -0.427 e. The molecule has 0 radical (unpaired) electrons. The van der Waals surface area contributed by atoms with Gasteiger partial charge in [-0.05, 0) is 68.1 Å². The Kier molecular flexibility index (Phi) is 22.0. The number of primary amides is 1. The van der Waals surface area contributed by atoms with Crippen molar-refractivity contribution in [2.24, 2.45) is 23.3 Å². The summed E-state index contributed by atoms with van der Waals surface area (Å²) >= 11 is 0. The van der Waals surface area contributed by atoms with Crippen molar-refractivity contribution in [2.75, 3.05) is 6.54 Å². The van der Waals surface area contributed by atoms with Crippen LogP contribution in [0.25, 0.3) is 11.1 Å². The standard InChI is InChI=1S/C43H63BN4O10/c1-5-6-10-30-14-16-31(17-15-30)32-18-20-33(21-19-32)37(51)13-9-12-35(50)25-34(11-7-8-22-45)43(56)48-41(29(4)49)39(53)23-27(2)42(55)47-36(26-40(46)54)38(52)24-28(3)44(57)58/h14-21,27-29,34,36,41,49,57-58H,5-13,22-26,45H2,1-4H3,(H2,46,54)(H,47,55)(H,48,56)/t27-,28-,29-,34-,36+,41+/m1/s1. The predicted octanol–water partition coefficient (Wildman–Crippen LogP) is 3.40. The molecule has 14 nitrogen and oxygen atoms in total. The second kappa shape index (κ2) is 25.7. The van der Waals surface area contributed by atoms with Gasteiger partial charge in [0.2, 0.25) is 17.7 Å². The van der Waals surface area contributed by atoms with E-state index in [-0.39, 0.29) is 37.2 Å². The van der Waals surface area contributed by atoms with Crippen LogP contribution in [0.1, 0.15) is 121 Å². The summed E-state index contributed by atoms with van der Waals surface area (Å²) in [4.78, 5) is 90.3. The Hall–Kier alpha value is -4.57. The van der Waals surface area contributed by atoms with Gasteiger partial charge in [-0.3, -0.25) is 33.6 Å². The Morgan fingerprint density at radius 1 is 0.724 bits per heavy atom. The lowest BCUT2D eigenvalue weighted by Crippen LogP contribution is -2.51. The van der Waals surface area contributed by atoms with Crippen molar-refractivity contribution < 1.29 is 48.7 Å². The molecule has 0 saturated heterocycles. The maximum atomic E-state index is 13.5. The molecule has 318 valence electrons. The Bertz CT molecular complexity index is 1670. The number of Topliss-reactive ketones (excluding diaryl/α,β-unsaturated/α-hetero) is 4. The van der Waals surface area contributed by atoms with Gasteiger partial charge >= 0.3 is 7.12 Å². The van der Waals surface area contributed by atoms with Gasteiger partial charge in [-0.1, -0.05) is 82.1 Å². The van der Waals surface area contributed by atoms with Crippen molar-refractivity contribution in [1.82, 2.24) is 10.6 Å². The Morgan fingerprint density at radius 2 is 1.34 bits per heavy atom. The van der Waals surface area contributed by atoms with E-state index in [9.17, 15) is 48.7 Å². The lowest BCUT2D eigenvalue weighted by Gasteiger charge is -2.25. The molecule has 3 amide bonds. The number of carbonyl (C=O) groups is 7. The number of carbonyl (C=O) groups excluding carboxylic acids is 7. The number of aliphatic hydroxyl groups excluding tert-OH is 1. The Balaban J connectivity index is 1.99. The maximum Gasteiger partial charge on any atom is 0.454 e. The van der Waals surface area contributed by atoms with Gasteiger partial charge in [0.1, 0.15) is 11.8 Å². The summed E-state index contributed by atoms with van der Waals surface area (Å²) in [6, 6.07) is 13.0. The summed E-state index contributed by atoms with van der Waals surface area (Å²) in [7, 11) is -1.80. The van der Waals surface area contributed by atoms with Crippen molar-refractivity contribution in [1.29, 1.82) is 0 Å². The van der Waals surface area contributed by atoms with Crippen molar-refractivity contribution in [2.45, 2.75) is 135 Å². The minimum absolute atomic E-state index is 0.0685. The van der Waals surface area contributed by atoms with Crippen LogP contribution in [-0.2, 0) is 35.2 Å². The molecule has 0 fully saturated rings. The number of nitrogens with one attached hydrogen (secondary N) is 2. The summed E-state index contributed by atoms with van der Waals surface area (Å²) in [6.07, 6.45) is 2.38. The summed E-state index contributed by atoms with van der Waals surface area (Å²) in [5, 5.41) is 34.1. The molecule has 2 aromatic rings. The third-order valence-corrected chi connectivity index (χ3v) is 10.2. The number of benzene rings is 2. The van der Waals surface area contributed by atoms with Crippen LogP contribution in [-0.4, -0.2) is 87.9 Å². The average molecular weight is 807 g/mol. The van der Waals surface area contributed by atoms with Crippen LogP contribution >= 0.6 is 0 Å². The molecule has 0 aliphatic rings. The quantitative estimate of drug-likeness (QED) is 0.0356. The van der Waals surface area contributed by atoms with Gasteiger partial charge in [-0.2, -0.15) is 0 Å². The molecule has 9 N–H and O–H groups in total. The number of ketones is 4. The van der Waals surface area contributed by atoms with E-state index >= 15 is 0 Å². The maximum absolute atomic E-state index is 13.5. The van der Waals surface area contributed by atoms with Crippen LogP contribution in [0.3, 0.4) is 0 Å². The first kappa shape index (κ1) is 49.6. The fourth-order valence-electron chi connectivity index (χ4n) is 6.51. The van der Waals surface area contributed by atoms with E-state index in [0.717, 1.165) is 30.4 Å². The number of unbranched alkanes of at least 4 members (excludes halogenated alkanes) is 2. The predicted molar refractivity (Wildman–Crippen MR) is 222 cm³/mol. The van der Waals surface area contributed by atoms with Crippen molar-refractivity contribution >= 4 is 48.0 Å². The summed E-state index contributed by atoms with van der Waals surface area (Å²) in [6.45, 7) is 6.63. The van der Waals surface area contributed by atoms with Gasteiger partial charge < -0.3 is 37.3 Å². The fraction of sp³-hybridized carbons (Fsp3) is 0.558. The van der Waals surface area contributed by atoms with E-state index in [4.69, 9.17) is 11.5 Å². The molecular formula is C43H63BN4O10. The number of aryl methyl sites for hydroxylation is 1. The molecule has 58 heavy (non-hydrogen) atoms. The zero-order valence-corrected chi connectivity index (χ0v) is 34.4. The second-order valence-corrected chi connectivity index (χ2v) is 15.5. The molecule has 0 aromatic heterocycles. The van der Waals surface area contributed by atoms with E-state index in [0.29, 0.717) is 37.8 Å². The molecule has 0 heterocycles. The summed E-state index contributed by atoms with van der Waals surface area (Å²) in [5.41, 5.74) is 14.8. The van der Waals surface area contributed by atoms with Crippen molar-refractivity contribution in [3.8, 4) is 11.1 Å².